The molecule has 0 bridgehead atoms. The molecule has 10 heteroatoms. The molecule has 6 aliphatic rings. The quantitative estimate of drug-likeness (QED) is 0.490. The van der Waals surface area contributed by atoms with E-state index >= 15 is 0 Å². The van der Waals surface area contributed by atoms with Gasteiger partial charge in [-0.3, -0.25) is 4.79 Å². The molecule has 2 aliphatic carbocycles. The van der Waals surface area contributed by atoms with Gasteiger partial charge in [0.1, 0.15) is 18.3 Å². The zero-order valence-electron chi connectivity index (χ0n) is 21.1. The fourth-order valence-electron chi connectivity index (χ4n) is 9.21. The van der Waals surface area contributed by atoms with Crippen molar-refractivity contribution in [2.75, 3.05) is 0 Å². The fraction of sp³-hybridized carbons (Fsp3) is 0.704. The van der Waals surface area contributed by atoms with E-state index in [9.17, 15) is 24.9 Å². The van der Waals surface area contributed by atoms with Gasteiger partial charge in [0.2, 0.25) is 5.60 Å². The van der Waals surface area contributed by atoms with Gasteiger partial charge in [0.15, 0.2) is 24.3 Å². The number of rotatable bonds is 3. The summed E-state index contributed by atoms with van der Waals surface area (Å²) in [4.78, 5) is 26.4. The first-order chi connectivity index (χ1) is 17.4. The van der Waals surface area contributed by atoms with Crippen molar-refractivity contribution >= 4 is 11.9 Å². The number of carbonyl (C=O) groups is 2. The summed E-state index contributed by atoms with van der Waals surface area (Å²) in [6, 6.07) is 9.43. The molecule has 1 aromatic rings. The lowest BCUT2D eigenvalue weighted by Gasteiger charge is -2.50. The molecule has 37 heavy (non-hydrogen) atoms. The van der Waals surface area contributed by atoms with Gasteiger partial charge in [-0.1, -0.05) is 51.1 Å². The van der Waals surface area contributed by atoms with Crippen molar-refractivity contribution in [1.29, 1.82) is 0 Å². The van der Waals surface area contributed by atoms with E-state index in [0.717, 1.165) is 5.56 Å². The molecule has 0 aromatic heterocycles. The second kappa shape index (κ2) is 6.91. The van der Waals surface area contributed by atoms with Crippen LogP contribution in [0.3, 0.4) is 0 Å². The summed E-state index contributed by atoms with van der Waals surface area (Å²) in [5.74, 6) is -3.08. The Hall–Kier alpha value is -2.08. The minimum absolute atomic E-state index is 0.134. The van der Waals surface area contributed by atoms with Crippen LogP contribution < -0.4 is 0 Å². The predicted octanol–water partition coefficient (Wildman–Crippen LogP) is 0.647. The summed E-state index contributed by atoms with van der Waals surface area (Å²) in [7, 11) is 0. The maximum Gasteiger partial charge on any atom is 0.342 e. The van der Waals surface area contributed by atoms with Gasteiger partial charge in [-0.25, -0.2) is 4.79 Å². The molecule has 2 saturated carbocycles. The van der Waals surface area contributed by atoms with Crippen LogP contribution in [-0.2, 0) is 39.9 Å². The largest absolute Gasteiger partial charge is 0.459 e. The average Bonchev–Trinajstić information content (AvgIpc) is 3.55. The molecule has 7 rings (SSSR count). The van der Waals surface area contributed by atoms with E-state index in [4.69, 9.17) is 23.7 Å². The van der Waals surface area contributed by atoms with Crippen LogP contribution in [0.15, 0.2) is 30.3 Å². The van der Waals surface area contributed by atoms with E-state index in [2.05, 4.69) is 0 Å². The van der Waals surface area contributed by atoms with Gasteiger partial charge < -0.3 is 39.0 Å². The monoisotopic (exact) mass is 516 g/mol. The Morgan fingerprint density at radius 1 is 1.11 bits per heavy atom. The highest BCUT2D eigenvalue weighted by Crippen LogP contribution is 2.85. The van der Waals surface area contributed by atoms with Gasteiger partial charge in [-0.05, 0) is 30.2 Å². The van der Waals surface area contributed by atoms with Gasteiger partial charge in [-0.2, -0.15) is 0 Å². The van der Waals surface area contributed by atoms with Crippen LogP contribution in [0.25, 0.3) is 0 Å². The highest BCUT2D eigenvalue weighted by atomic mass is 16.8. The molecule has 3 N–H and O–H groups in total. The topological polar surface area (TPSA) is 141 Å². The Kier molecular flexibility index (Phi) is 4.48. The lowest BCUT2D eigenvalue weighted by Crippen LogP contribution is -2.67. The summed E-state index contributed by atoms with van der Waals surface area (Å²) in [5, 5.41) is 35.5. The zero-order valence-corrected chi connectivity index (χ0v) is 21.1. The normalized spacial score (nSPS) is 53.1. The summed E-state index contributed by atoms with van der Waals surface area (Å²) in [5.41, 5.74) is -6.80. The van der Waals surface area contributed by atoms with Crippen molar-refractivity contribution in [3.63, 3.8) is 0 Å². The maximum atomic E-state index is 13.8. The predicted molar refractivity (Wildman–Crippen MR) is 122 cm³/mol. The van der Waals surface area contributed by atoms with E-state index < -0.39 is 82.3 Å². The van der Waals surface area contributed by atoms with Crippen LogP contribution in [-0.4, -0.2) is 75.5 Å². The molecular weight excluding hydrogens is 484 g/mol. The molecule has 6 fully saturated rings. The molecule has 1 aromatic carbocycles. The molecule has 2 spiro atoms. The third-order valence-electron chi connectivity index (χ3n) is 10.4. The molecule has 4 aliphatic heterocycles. The third kappa shape index (κ3) is 2.21. The van der Waals surface area contributed by atoms with Gasteiger partial charge in [0.05, 0.1) is 23.4 Å². The number of esters is 2. The Labute approximate surface area is 213 Å². The molecule has 12 atom stereocenters. The van der Waals surface area contributed by atoms with Crippen LogP contribution in [0.1, 0.15) is 39.7 Å². The standard InChI is InChI=1S/C27H32O10/c1-12-19(29)35-17-16(28)25-15-10-14(23(2,3)4)24(25)18(33-11-13-8-6-5-7-9-13)20(30)36-22(24)37-27(25,21(31)34-15)26(12,17)32/h5-9,12,14-18,20,22,28,30,32H,10-11H2,1-4H3/t12-,14+,15-,16-,17+,18+,20?,22+,24+,25+,26-,27-/m1/s1. The Balaban J connectivity index is 1.47. The molecule has 1 unspecified atom stereocenters. The number of hydrogen-bond acceptors (Lipinski definition) is 10. The Bertz CT molecular complexity index is 1180. The summed E-state index contributed by atoms with van der Waals surface area (Å²) >= 11 is 0. The molecular formula is C27H32O10. The SMILES string of the molecule is C[C@@H]1C(=O)O[C@H]2[C@@H](O)[C@@]34[C@H]5C[C@@H](C(C)(C)C)[C@]36[C@@H](OC(O)[C@@H]6OCc3ccccc3)O[C@@]4(C(=O)O5)[C@@]12O. The van der Waals surface area contributed by atoms with Gasteiger partial charge >= 0.3 is 11.9 Å². The lowest BCUT2D eigenvalue weighted by atomic mass is 9.51. The summed E-state index contributed by atoms with van der Waals surface area (Å²) < 4.78 is 30.3. The van der Waals surface area contributed by atoms with E-state index in [-0.39, 0.29) is 12.5 Å². The van der Waals surface area contributed by atoms with E-state index in [1.807, 2.05) is 51.1 Å². The number of fused-ring (bicyclic) bond motifs is 1. The second-order valence-electron chi connectivity index (χ2n) is 12.6. The second-order valence-corrected chi connectivity index (χ2v) is 12.6. The number of aliphatic hydroxyl groups excluding tert-OH is 2. The average molecular weight is 517 g/mol. The van der Waals surface area contributed by atoms with Gasteiger partial charge in [-0.15, -0.1) is 0 Å². The molecule has 0 amide bonds. The van der Waals surface area contributed by atoms with E-state index in [0.29, 0.717) is 6.42 Å². The van der Waals surface area contributed by atoms with Gasteiger partial charge in [0, 0.05) is 0 Å². The molecule has 4 heterocycles. The first-order valence-electron chi connectivity index (χ1n) is 12.9. The maximum absolute atomic E-state index is 13.8. The fourth-order valence-corrected chi connectivity index (χ4v) is 9.21. The smallest absolute Gasteiger partial charge is 0.342 e. The summed E-state index contributed by atoms with van der Waals surface area (Å²) in [6.07, 6.45) is -7.14. The third-order valence-corrected chi connectivity index (χ3v) is 10.4. The minimum Gasteiger partial charge on any atom is -0.459 e. The molecule has 0 radical (unpaired) electrons. The first kappa shape index (κ1) is 24.0. The first-order valence-corrected chi connectivity index (χ1v) is 12.9. The number of aliphatic hydroxyl groups is 3. The number of benzene rings is 1. The van der Waals surface area contributed by atoms with Crippen LogP contribution in [0.4, 0.5) is 0 Å². The van der Waals surface area contributed by atoms with Crippen molar-refractivity contribution in [2.45, 2.75) is 88.9 Å². The number of ether oxygens (including phenoxy) is 5. The number of hydrogen-bond donors (Lipinski definition) is 3. The Morgan fingerprint density at radius 2 is 1.81 bits per heavy atom. The minimum atomic E-state index is -2.20. The number of carbonyl (C=O) groups excluding carboxylic acids is 2. The van der Waals surface area contributed by atoms with E-state index in [1.54, 1.807) is 0 Å². The van der Waals surface area contributed by atoms with Crippen molar-refractivity contribution < 1.29 is 48.6 Å². The van der Waals surface area contributed by atoms with Crippen molar-refractivity contribution in [1.82, 2.24) is 0 Å². The molecule has 4 saturated heterocycles. The summed E-state index contributed by atoms with van der Waals surface area (Å²) in [6.45, 7) is 7.68. The van der Waals surface area contributed by atoms with Crippen molar-refractivity contribution in [2.24, 2.45) is 28.1 Å². The van der Waals surface area contributed by atoms with Crippen LogP contribution in [0, 0.1) is 28.1 Å². The van der Waals surface area contributed by atoms with Gasteiger partial charge in [0.25, 0.3) is 0 Å². The Morgan fingerprint density at radius 3 is 2.49 bits per heavy atom. The van der Waals surface area contributed by atoms with Crippen molar-refractivity contribution in [3.05, 3.63) is 35.9 Å². The van der Waals surface area contributed by atoms with Crippen LogP contribution in [0.5, 0.6) is 0 Å². The zero-order chi connectivity index (χ0) is 26.3. The molecule has 200 valence electrons. The molecule has 10 nitrogen and oxygen atoms in total. The van der Waals surface area contributed by atoms with Crippen molar-refractivity contribution in [3.8, 4) is 0 Å². The highest BCUT2D eigenvalue weighted by Gasteiger charge is 3.03. The van der Waals surface area contributed by atoms with E-state index in [1.165, 1.54) is 6.92 Å². The van der Waals surface area contributed by atoms with Crippen LogP contribution in [0.2, 0.25) is 0 Å². The van der Waals surface area contributed by atoms with Crippen LogP contribution >= 0.6 is 0 Å². The highest BCUT2D eigenvalue weighted by molar-refractivity contribution is 5.92. The lowest BCUT2D eigenvalue weighted by molar-refractivity contribution is -0.264.